The van der Waals surface area contributed by atoms with Crippen molar-refractivity contribution in [3.05, 3.63) is 318 Å². The van der Waals surface area contributed by atoms with Crippen LogP contribution < -0.4 is 0 Å². The van der Waals surface area contributed by atoms with Crippen LogP contribution in [0.5, 0.6) is 0 Å². The highest BCUT2D eigenvalue weighted by molar-refractivity contribution is 6.02. The predicted molar refractivity (Wildman–Crippen MR) is 317 cm³/mol. The van der Waals surface area contributed by atoms with Crippen LogP contribution >= 0.6 is 0 Å². The lowest BCUT2D eigenvalue weighted by molar-refractivity contribution is 0.794. The standard InChI is InChI=1S/C75H45N3/c1-2-17-47(18-3-1)72-73(48-34-32-46(33-35-48)51-19-16-40-76-45-51)78-71-44-61(50-37-39-59-57-25-9-15-31-67(57)75(69(59)42-50)64-28-12-6-22-54(64)55-23-7-13-29-65(55)75)60(43-70(71)77-72)49-36-38-58-56-24-8-14-30-66(56)74(68(58)41-49)62-26-10-4-20-52(62)53-21-5-11-27-63(53)74/h1-45H. The Hall–Kier alpha value is -10.1. The van der Waals surface area contributed by atoms with Crippen molar-refractivity contribution in [1.82, 2.24) is 15.0 Å². The maximum atomic E-state index is 5.70. The number of pyridine rings is 1. The van der Waals surface area contributed by atoms with E-state index >= 15 is 0 Å². The van der Waals surface area contributed by atoms with Crippen molar-refractivity contribution >= 4 is 11.0 Å². The summed E-state index contributed by atoms with van der Waals surface area (Å²) in [7, 11) is 0. The average Bonchev–Trinajstić information content (AvgIpc) is 4.39. The predicted octanol–water partition coefficient (Wildman–Crippen LogP) is 18.0. The van der Waals surface area contributed by atoms with E-state index in [0.29, 0.717) is 0 Å². The molecule has 0 aliphatic heterocycles. The first-order chi connectivity index (χ1) is 38.7. The van der Waals surface area contributed by atoms with Gasteiger partial charge in [0, 0.05) is 23.5 Å². The second-order valence-corrected chi connectivity index (χ2v) is 21.3. The molecule has 2 heterocycles. The molecule has 0 bridgehead atoms. The van der Waals surface area contributed by atoms with Crippen LogP contribution in [0.4, 0.5) is 0 Å². The van der Waals surface area contributed by atoms with Crippen LogP contribution in [0.3, 0.4) is 0 Å². The Labute approximate surface area is 452 Å². The number of hydrogen-bond donors (Lipinski definition) is 0. The van der Waals surface area contributed by atoms with E-state index in [4.69, 9.17) is 9.97 Å². The largest absolute Gasteiger partial charge is 0.264 e. The van der Waals surface area contributed by atoms with Crippen molar-refractivity contribution in [3.8, 4) is 100 Å². The first-order valence-electron chi connectivity index (χ1n) is 27.0. The van der Waals surface area contributed by atoms with E-state index in [1.807, 2.05) is 18.5 Å². The van der Waals surface area contributed by atoms with E-state index in [0.717, 1.165) is 66.9 Å². The molecule has 0 unspecified atom stereocenters. The molecule has 2 spiro atoms. The second-order valence-electron chi connectivity index (χ2n) is 21.3. The van der Waals surface area contributed by atoms with Crippen LogP contribution in [0.25, 0.3) is 111 Å². The number of aromatic nitrogens is 3. The maximum Gasteiger partial charge on any atom is 0.0973 e. The van der Waals surface area contributed by atoms with Gasteiger partial charge in [0.25, 0.3) is 0 Å². The molecule has 0 radical (unpaired) electrons. The molecule has 3 heteroatoms. The van der Waals surface area contributed by atoms with Crippen LogP contribution in [0.15, 0.2) is 273 Å². The van der Waals surface area contributed by atoms with E-state index in [-0.39, 0.29) is 0 Å². The molecule has 4 aliphatic rings. The van der Waals surface area contributed by atoms with Gasteiger partial charge in [-0.25, -0.2) is 9.97 Å². The fourth-order valence-corrected chi connectivity index (χ4v) is 14.5. The average molecular weight is 988 g/mol. The van der Waals surface area contributed by atoms with Crippen molar-refractivity contribution in [2.75, 3.05) is 0 Å². The van der Waals surface area contributed by atoms with E-state index in [2.05, 4.69) is 260 Å². The van der Waals surface area contributed by atoms with Gasteiger partial charge in [-0.15, -0.1) is 0 Å². The van der Waals surface area contributed by atoms with Crippen molar-refractivity contribution in [1.29, 1.82) is 0 Å². The smallest absolute Gasteiger partial charge is 0.0973 e. The maximum absolute atomic E-state index is 5.70. The highest BCUT2D eigenvalue weighted by atomic mass is 14.8. The monoisotopic (exact) mass is 987 g/mol. The van der Waals surface area contributed by atoms with Crippen LogP contribution in [-0.2, 0) is 10.8 Å². The molecule has 0 fully saturated rings. The molecule has 0 saturated heterocycles. The summed E-state index contributed by atoms with van der Waals surface area (Å²) in [5, 5.41) is 0. The molecule has 17 rings (SSSR count). The van der Waals surface area contributed by atoms with Gasteiger partial charge in [-0.05, 0) is 153 Å². The van der Waals surface area contributed by atoms with Gasteiger partial charge in [0.1, 0.15) is 0 Å². The Balaban J connectivity index is 0.943. The zero-order chi connectivity index (χ0) is 51.1. The molecule has 0 atom stereocenters. The molecular formula is C75H45N3. The van der Waals surface area contributed by atoms with Gasteiger partial charge in [-0.3, -0.25) is 4.98 Å². The zero-order valence-electron chi connectivity index (χ0n) is 42.3. The minimum absolute atomic E-state index is 0.497. The van der Waals surface area contributed by atoms with Gasteiger partial charge in [0.05, 0.1) is 33.3 Å². The quantitative estimate of drug-likeness (QED) is 0.172. The molecule has 0 amide bonds. The first kappa shape index (κ1) is 43.2. The fraction of sp³-hybridized carbons (Fsp3) is 0.0267. The Morgan fingerprint density at radius 3 is 0.923 bits per heavy atom. The minimum atomic E-state index is -0.499. The SMILES string of the molecule is c1ccc(-c2nc3cc(-c4ccc5c(c4)C4(c6ccccc6-c6ccccc64)c4ccccc4-5)c(-c4ccc5c(c4)C4(c6ccccc6-c6ccccc64)c4ccccc4-5)cc3nc2-c2ccc(-c3cccnc3)cc2)cc1. The van der Waals surface area contributed by atoms with E-state index in [1.54, 1.807) is 0 Å². The molecule has 0 saturated carbocycles. The van der Waals surface area contributed by atoms with Gasteiger partial charge < -0.3 is 0 Å². The highest BCUT2D eigenvalue weighted by Crippen LogP contribution is 2.65. The lowest BCUT2D eigenvalue weighted by Crippen LogP contribution is -2.25. The zero-order valence-corrected chi connectivity index (χ0v) is 42.3. The molecule has 13 aromatic rings. The third kappa shape index (κ3) is 5.74. The van der Waals surface area contributed by atoms with E-state index < -0.39 is 10.8 Å². The van der Waals surface area contributed by atoms with Crippen LogP contribution in [0.2, 0.25) is 0 Å². The van der Waals surface area contributed by atoms with Gasteiger partial charge in [0.15, 0.2) is 0 Å². The summed E-state index contributed by atoms with van der Waals surface area (Å²) < 4.78 is 0. The molecule has 11 aromatic carbocycles. The van der Waals surface area contributed by atoms with Crippen molar-refractivity contribution in [2.24, 2.45) is 0 Å². The Morgan fingerprint density at radius 2 is 0.538 bits per heavy atom. The van der Waals surface area contributed by atoms with E-state index in [1.165, 1.54) is 89.0 Å². The van der Waals surface area contributed by atoms with Gasteiger partial charge >= 0.3 is 0 Å². The summed E-state index contributed by atoms with van der Waals surface area (Å²) in [6, 6.07) is 96.8. The third-order valence-corrected chi connectivity index (χ3v) is 17.6. The van der Waals surface area contributed by atoms with Crippen LogP contribution in [0, 0.1) is 0 Å². The summed E-state index contributed by atoms with van der Waals surface area (Å²) in [5.41, 5.74) is 31.8. The summed E-state index contributed by atoms with van der Waals surface area (Å²) in [4.78, 5) is 15.8. The lowest BCUT2D eigenvalue weighted by Gasteiger charge is -2.31. The van der Waals surface area contributed by atoms with Crippen molar-refractivity contribution in [2.45, 2.75) is 10.8 Å². The van der Waals surface area contributed by atoms with Crippen molar-refractivity contribution < 1.29 is 0 Å². The molecule has 0 N–H and O–H groups in total. The van der Waals surface area contributed by atoms with Gasteiger partial charge in [-0.1, -0.05) is 231 Å². The number of rotatable bonds is 5. The van der Waals surface area contributed by atoms with Crippen LogP contribution in [-0.4, -0.2) is 15.0 Å². The Bertz CT molecular complexity index is 4540. The number of fused-ring (bicyclic) bond motifs is 21. The Morgan fingerprint density at radius 1 is 0.218 bits per heavy atom. The number of nitrogens with zero attached hydrogens (tertiary/aromatic N) is 3. The summed E-state index contributed by atoms with van der Waals surface area (Å²) in [5.74, 6) is 0. The number of benzene rings is 11. The molecular weight excluding hydrogens is 943 g/mol. The molecule has 3 nitrogen and oxygen atoms in total. The van der Waals surface area contributed by atoms with Crippen molar-refractivity contribution in [3.63, 3.8) is 0 Å². The molecule has 2 aromatic heterocycles. The second kappa shape index (κ2) is 16.2. The summed E-state index contributed by atoms with van der Waals surface area (Å²) in [6.45, 7) is 0. The highest BCUT2D eigenvalue weighted by Gasteiger charge is 2.53. The lowest BCUT2D eigenvalue weighted by atomic mass is 9.70. The molecule has 4 aliphatic carbocycles. The van der Waals surface area contributed by atoms with E-state index in [9.17, 15) is 0 Å². The third-order valence-electron chi connectivity index (χ3n) is 17.6. The Kier molecular flexibility index (Phi) is 8.97. The summed E-state index contributed by atoms with van der Waals surface area (Å²) in [6.07, 6.45) is 3.73. The fourth-order valence-electron chi connectivity index (χ4n) is 14.5. The molecule has 360 valence electrons. The molecule has 78 heavy (non-hydrogen) atoms. The first-order valence-corrected chi connectivity index (χ1v) is 27.0. The van der Waals surface area contributed by atoms with Crippen LogP contribution in [0.1, 0.15) is 44.5 Å². The van der Waals surface area contributed by atoms with Gasteiger partial charge in [0.2, 0.25) is 0 Å². The van der Waals surface area contributed by atoms with Gasteiger partial charge in [-0.2, -0.15) is 0 Å². The topological polar surface area (TPSA) is 38.7 Å². The normalized spacial score (nSPS) is 13.8. The summed E-state index contributed by atoms with van der Waals surface area (Å²) >= 11 is 0. The number of hydrogen-bond acceptors (Lipinski definition) is 3. The minimum Gasteiger partial charge on any atom is -0.264 e.